The first-order valence-corrected chi connectivity index (χ1v) is 3.34. The molecule has 1 heterocycles. The van der Waals surface area contributed by atoms with E-state index in [2.05, 4.69) is 17.8 Å². The van der Waals surface area contributed by atoms with Crippen LogP contribution in [0.1, 0.15) is 12.8 Å². The summed E-state index contributed by atoms with van der Waals surface area (Å²) in [5, 5.41) is 2.70. The van der Waals surface area contributed by atoms with Crippen molar-refractivity contribution < 1.29 is 4.79 Å². The molecule has 0 saturated carbocycles. The van der Waals surface area contributed by atoms with Crippen LogP contribution in [0.2, 0.25) is 0 Å². The fraction of sp³-hybridized carbons (Fsp3) is 0.250. The van der Waals surface area contributed by atoms with Gasteiger partial charge < -0.3 is 5.32 Å². The number of hydrogen-bond acceptors (Lipinski definition) is 1. The molecular weight excluding hydrogens is 126 g/mol. The summed E-state index contributed by atoms with van der Waals surface area (Å²) < 4.78 is 0. The molecule has 0 unspecified atom stereocenters. The summed E-state index contributed by atoms with van der Waals surface area (Å²) in [7, 11) is 0. The first-order valence-electron chi connectivity index (χ1n) is 3.34. The monoisotopic (exact) mass is 133 g/mol. The van der Waals surface area contributed by atoms with Crippen molar-refractivity contribution in [3.63, 3.8) is 0 Å². The predicted octanol–water partition coefficient (Wildman–Crippen LogP) is 0.802. The molecule has 1 N–H and O–H groups in total. The molecule has 1 amide bonds. The van der Waals surface area contributed by atoms with Gasteiger partial charge in [0.05, 0.1) is 0 Å². The third-order valence-corrected chi connectivity index (χ3v) is 1.68. The summed E-state index contributed by atoms with van der Waals surface area (Å²) in [4.78, 5) is 10.7. The van der Waals surface area contributed by atoms with Crippen LogP contribution in [0.4, 0.5) is 0 Å². The SMILES string of the molecule is O=C1[C]C2=C(C=CCC2)N1. The molecule has 2 rings (SSSR count). The van der Waals surface area contributed by atoms with E-state index < -0.39 is 0 Å². The Kier molecular flexibility index (Phi) is 1.13. The van der Waals surface area contributed by atoms with E-state index in [9.17, 15) is 4.79 Å². The lowest BCUT2D eigenvalue weighted by Crippen LogP contribution is -2.13. The van der Waals surface area contributed by atoms with Gasteiger partial charge in [-0.2, -0.15) is 0 Å². The summed E-state index contributed by atoms with van der Waals surface area (Å²) in [6.45, 7) is 0. The number of amides is 1. The van der Waals surface area contributed by atoms with Crippen LogP contribution in [0.5, 0.6) is 0 Å². The molecule has 0 aromatic rings. The highest BCUT2D eigenvalue weighted by Crippen LogP contribution is 2.23. The highest BCUT2D eigenvalue weighted by Gasteiger charge is 2.21. The smallest absolute Gasteiger partial charge is 0.237 e. The number of hydrogen-bond donors (Lipinski definition) is 1. The second-order valence-corrected chi connectivity index (χ2v) is 2.41. The maximum atomic E-state index is 10.7. The molecule has 0 aromatic carbocycles. The average Bonchev–Trinajstić information content (AvgIpc) is 2.27. The topological polar surface area (TPSA) is 29.1 Å². The molecule has 0 bridgehead atoms. The fourth-order valence-corrected chi connectivity index (χ4v) is 1.20. The molecular formula is C8H7NO. The van der Waals surface area contributed by atoms with Gasteiger partial charge in [-0.3, -0.25) is 4.79 Å². The molecule has 2 nitrogen and oxygen atoms in total. The van der Waals surface area contributed by atoms with Crippen molar-refractivity contribution >= 4 is 5.91 Å². The van der Waals surface area contributed by atoms with Crippen molar-refractivity contribution in [1.29, 1.82) is 0 Å². The molecule has 50 valence electrons. The number of nitrogens with one attached hydrogen (secondary N) is 1. The molecule has 1 aliphatic heterocycles. The Morgan fingerprint density at radius 3 is 3.30 bits per heavy atom. The zero-order valence-electron chi connectivity index (χ0n) is 5.48. The van der Waals surface area contributed by atoms with Gasteiger partial charge in [0.1, 0.15) is 6.42 Å². The van der Waals surface area contributed by atoms with Crippen molar-refractivity contribution in [3.05, 3.63) is 29.8 Å². The van der Waals surface area contributed by atoms with Crippen LogP contribution in [-0.4, -0.2) is 5.91 Å². The Hall–Kier alpha value is -1.05. The second kappa shape index (κ2) is 1.97. The van der Waals surface area contributed by atoms with Crippen LogP contribution >= 0.6 is 0 Å². The Morgan fingerprint density at radius 1 is 1.60 bits per heavy atom. The predicted molar refractivity (Wildman–Crippen MR) is 36.8 cm³/mol. The summed E-state index contributed by atoms with van der Waals surface area (Å²) in [5.41, 5.74) is 1.98. The van der Waals surface area contributed by atoms with Crippen LogP contribution in [-0.2, 0) is 4.79 Å². The van der Waals surface area contributed by atoms with Crippen LogP contribution in [0.3, 0.4) is 0 Å². The van der Waals surface area contributed by atoms with E-state index >= 15 is 0 Å². The normalized spacial score (nSPS) is 23.0. The van der Waals surface area contributed by atoms with Gasteiger partial charge in [0.15, 0.2) is 0 Å². The minimum Gasteiger partial charge on any atom is -0.325 e. The van der Waals surface area contributed by atoms with Crippen LogP contribution in [0.25, 0.3) is 0 Å². The molecule has 0 aromatic heterocycles. The van der Waals surface area contributed by atoms with E-state index in [1.165, 1.54) is 0 Å². The number of rotatable bonds is 0. The lowest BCUT2D eigenvalue weighted by atomic mass is 10.0. The third kappa shape index (κ3) is 0.764. The average molecular weight is 133 g/mol. The van der Waals surface area contributed by atoms with Gasteiger partial charge in [-0.1, -0.05) is 6.08 Å². The zero-order valence-corrected chi connectivity index (χ0v) is 5.48. The van der Waals surface area contributed by atoms with Gasteiger partial charge >= 0.3 is 0 Å². The standard InChI is InChI=1S/C8H7NO/c10-8-5-6-3-1-2-4-7(6)9-8/h2,4H,1,3H2,(H,9,10). The Morgan fingerprint density at radius 2 is 2.50 bits per heavy atom. The van der Waals surface area contributed by atoms with Gasteiger partial charge in [-0.15, -0.1) is 0 Å². The lowest BCUT2D eigenvalue weighted by molar-refractivity contribution is -0.116. The van der Waals surface area contributed by atoms with E-state index in [1.54, 1.807) is 0 Å². The van der Waals surface area contributed by atoms with Crippen molar-refractivity contribution in [3.8, 4) is 0 Å². The largest absolute Gasteiger partial charge is 0.325 e. The van der Waals surface area contributed by atoms with Crippen molar-refractivity contribution in [1.82, 2.24) is 5.32 Å². The number of carbonyl (C=O) groups excluding carboxylic acids is 1. The van der Waals surface area contributed by atoms with E-state index in [0.717, 1.165) is 24.1 Å². The minimum atomic E-state index is -0.100. The van der Waals surface area contributed by atoms with Gasteiger partial charge in [0.2, 0.25) is 5.91 Å². The minimum absolute atomic E-state index is 0.100. The van der Waals surface area contributed by atoms with Gasteiger partial charge in [-0.25, -0.2) is 0 Å². The van der Waals surface area contributed by atoms with E-state index in [1.807, 2.05) is 6.08 Å². The molecule has 0 atom stereocenters. The van der Waals surface area contributed by atoms with E-state index in [-0.39, 0.29) is 5.91 Å². The Balaban J connectivity index is 2.29. The quantitative estimate of drug-likeness (QED) is 0.520. The first kappa shape index (κ1) is 5.71. The van der Waals surface area contributed by atoms with Crippen LogP contribution < -0.4 is 5.32 Å². The Bertz CT molecular complexity index is 238. The van der Waals surface area contributed by atoms with Crippen molar-refractivity contribution in [2.45, 2.75) is 12.8 Å². The van der Waals surface area contributed by atoms with Crippen molar-refractivity contribution in [2.24, 2.45) is 0 Å². The number of allylic oxidation sites excluding steroid dienone is 2. The van der Waals surface area contributed by atoms with Gasteiger partial charge in [0.25, 0.3) is 0 Å². The maximum Gasteiger partial charge on any atom is 0.237 e. The summed E-state index contributed by atoms with van der Waals surface area (Å²) in [6, 6.07) is 0. The van der Waals surface area contributed by atoms with Crippen LogP contribution in [0, 0.1) is 6.42 Å². The first-order chi connectivity index (χ1) is 4.86. The number of carbonyl (C=O) groups is 1. The molecule has 0 fully saturated rings. The van der Waals surface area contributed by atoms with Gasteiger partial charge in [0, 0.05) is 5.70 Å². The summed E-state index contributed by atoms with van der Waals surface area (Å²) in [5.74, 6) is -0.100. The highest BCUT2D eigenvalue weighted by molar-refractivity contribution is 5.94. The third-order valence-electron chi connectivity index (χ3n) is 1.68. The maximum absolute atomic E-state index is 10.7. The fourth-order valence-electron chi connectivity index (χ4n) is 1.20. The zero-order chi connectivity index (χ0) is 6.97. The summed E-state index contributed by atoms with van der Waals surface area (Å²) in [6.07, 6.45) is 8.71. The van der Waals surface area contributed by atoms with E-state index in [4.69, 9.17) is 0 Å². The molecule has 1 aliphatic carbocycles. The lowest BCUT2D eigenvalue weighted by Gasteiger charge is -2.04. The second-order valence-electron chi connectivity index (χ2n) is 2.41. The van der Waals surface area contributed by atoms with E-state index in [0.29, 0.717) is 0 Å². The molecule has 2 radical (unpaired) electrons. The van der Waals surface area contributed by atoms with Gasteiger partial charge in [-0.05, 0) is 24.5 Å². The van der Waals surface area contributed by atoms with Crippen molar-refractivity contribution in [2.75, 3.05) is 0 Å². The van der Waals surface area contributed by atoms with Crippen LogP contribution in [0.15, 0.2) is 23.4 Å². The molecule has 10 heavy (non-hydrogen) atoms. The summed E-state index contributed by atoms with van der Waals surface area (Å²) >= 11 is 0. The molecule has 2 heteroatoms. The highest BCUT2D eigenvalue weighted by atomic mass is 16.1. The molecule has 2 aliphatic rings. The molecule has 0 spiro atoms. The Labute approximate surface area is 59.6 Å². The molecule has 0 saturated heterocycles.